The van der Waals surface area contributed by atoms with E-state index in [1.165, 1.54) is 35.2 Å². The highest BCUT2D eigenvalue weighted by molar-refractivity contribution is 5.95. The number of aromatic nitrogens is 4. The predicted octanol–water partition coefficient (Wildman–Crippen LogP) is -0.924. The van der Waals surface area contributed by atoms with E-state index in [0.29, 0.717) is 0 Å². The minimum absolute atomic E-state index is 0.0178. The number of aromatic amines is 1. The molecule has 0 unspecified atom stereocenters. The van der Waals surface area contributed by atoms with Gasteiger partial charge in [-0.2, -0.15) is 0 Å². The molecular formula is C17H15N5O7. The molecule has 1 aliphatic heterocycles. The van der Waals surface area contributed by atoms with E-state index in [2.05, 4.69) is 20.3 Å². The van der Waals surface area contributed by atoms with Crippen LogP contribution in [0.25, 0.3) is 11.2 Å². The molecular weight excluding hydrogens is 386 g/mol. The monoisotopic (exact) mass is 401 g/mol. The molecule has 4 rings (SSSR count). The van der Waals surface area contributed by atoms with Crippen molar-refractivity contribution in [3.63, 3.8) is 0 Å². The van der Waals surface area contributed by atoms with Gasteiger partial charge in [0.15, 0.2) is 23.5 Å². The van der Waals surface area contributed by atoms with E-state index in [-0.39, 0.29) is 22.4 Å². The first kappa shape index (κ1) is 18.7. The zero-order valence-electron chi connectivity index (χ0n) is 14.6. The van der Waals surface area contributed by atoms with Crippen molar-refractivity contribution in [2.75, 3.05) is 5.32 Å². The maximum atomic E-state index is 12.5. The van der Waals surface area contributed by atoms with Crippen molar-refractivity contribution in [2.45, 2.75) is 24.5 Å². The van der Waals surface area contributed by atoms with Gasteiger partial charge in [0.05, 0.1) is 18.2 Å². The van der Waals surface area contributed by atoms with Crippen molar-refractivity contribution in [3.05, 3.63) is 52.8 Å². The second kappa shape index (κ2) is 7.09. The van der Waals surface area contributed by atoms with E-state index in [9.17, 15) is 24.6 Å². The first-order valence-electron chi connectivity index (χ1n) is 8.43. The van der Waals surface area contributed by atoms with Gasteiger partial charge in [-0.05, 0) is 24.3 Å². The molecule has 0 radical (unpaired) electrons. The number of hydrogen-bond acceptors (Lipinski definition) is 8. The number of nitrogens with zero attached hydrogens (tertiary/aromatic N) is 3. The number of nitrogens with one attached hydrogen (secondary N) is 2. The number of ether oxygens (including phenoxy) is 1. The zero-order valence-corrected chi connectivity index (χ0v) is 14.6. The Balaban J connectivity index is 1.55. The lowest BCUT2D eigenvalue weighted by molar-refractivity contribution is -0.132. The summed E-state index contributed by atoms with van der Waals surface area (Å²) in [7, 11) is 0. The van der Waals surface area contributed by atoms with E-state index >= 15 is 0 Å². The summed E-state index contributed by atoms with van der Waals surface area (Å²) >= 11 is 0. The number of carboxylic acids is 1. The third-order valence-electron chi connectivity index (χ3n) is 4.54. The van der Waals surface area contributed by atoms with Crippen LogP contribution >= 0.6 is 0 Å². The van der Waals surface area contributed by atoms with Crippen molar-refractivity contribution < 1.29 is 29.6 Å². The topological polar surface area (TPSA) is 180 Å². The number of amides is 1. The first-order valence-corrected chi connectivity index (χ1v) is 8.43. The molecule has 0 spiro atoms. The fraction of sp³-hybridized carbons (Fsp3) is 0.235. The van der Waals surface area contributed by atoms with Gasteiger partial charge in [0.2, 0.25) is 0 Å². The molecule has 150 valence electrons. The molecule has 12 heteroatoms. The lowest BCUT2D eigenvalue weighted by Gasteiger charge is -2.16. The average molecular weight is 401 g/mol. The number of hydrogen-bond donors (Lipinski definition) is 5. The lowest BCUT2D eigenvalue weighted by Crippen LogP contribution is -2.39. The second-order valence-corrected chi connectivity index (χ2v) is 6.36. The Kier molecular flexibility index (Phi) is 4.58. The van der Waals surface area contributed by atoms with Crippen LogP contribution in [0, 0.1) is 0 Å². The van der Waals surface area contributed by atoms with Crippen LogP contribution in [0.3, 0.4) is 0 Å². The first-order chi connectivity index (χ1) is 13.9. The molecule has 0 aliphatic carbocycles. The van der Waals surface area contributed by atoms with Crippen LogP contribution in [-0.4, -0.2) is 65.0 Å². The molecule has 4 atom stereocenters. The molecule has 5 N–H and O–H groups in total. The molecule has 2 aromatic heterocycles. The Hall–Kier alpha value is -3.61. The molecule has 1 fully saturated rings. The van der Waals surface area contributed by atoms with Gasteiger partial charge < -0.3 is 30.4 Å². The number of carbonyl (C=O) groups excluding carboxylic acids is 1. The van der Waals surface area contributed by atoms with Crippen LogP contribution in [0.15, 0.2) is 41.7 Å². The number of aromatic carboxylic acids is 1. The Labute approximate surface area is 161 Å². The van der Waals surface area contributed by atoms with Crippen LogP contribution in [-0.2, 0) is 9.53 Å². The van der Waals surface area contributed by atoms with E-state index < -0.39 is 42.0 Å². The van der Waals surface area contributed by atoms with E-state index in [1.807, 2.05) is 0 Å². The van der Waals surface area contributed by atoms with Gasteiger partial charge in [0.25, 0.3) is 11.5 Å². The highest BCUT2D eigenvalue weighted by atomic mass is 16.6. The fourth-order valence-electron chi connectivity index (χ4n) is 3.06. The Morgan fingerprint density at radius 1 is 1.14 bits per heavy atom. The Bertz CT molecular complexity index is 1140. The van der Waals surface area contributed by atoms with Gasteiger partial charge in [-0.3, -0.25) is 14.2 Å². The maximum absolute atomic E-state index is 12.5. The third-order valence-corrected chi connectivity index (χ3v) is 4.54. The number of aliphatic hydroxyl groups excluding tert-OH is 2. The molecule has 12 nitrogen and oxygen atoms in total. The van der Waals surface area contributed by atoms with Gasteiger partial charge in [0.1, 0.15) is 12.2 Å². The largest absolute Gasteiger partial charge is 0.478 e. The van der Waals surface area contributed by atoms with Crippen LogP contribution in [0.2, 0.25) is 0 Å². The summed E-state index contributed by atoms with van der Waals surface area (Å²) < 4.78 is 6.80. The number of benzene rings is 1. The fourth-order valence-corrected chi connectivity index (χ4v) is 3.06. The average Bonchev–Trinajstić information content (AvgIpc) is 3.25. The number of H-pyrrole nitrogens is 1. The van der Waals surface area contributed by atoms with Gasteiger partial charge in [-0.25, -0.2) is 14.8 Å². The number of carboxylic acid groups (broad SMARTS) is 1. The summed E-state index contributed by atoms with van der Waals surface area (Å²) in [6.07, 6.45) is -3.29. The molecule has 1 aromatic carbocycles. The van der Waals surface area contributed by atoms with E-state index in [0.717, 1.165) is 6.33 Å². The Morgan fingerprint density at radius 3 is 2.55 bits per heavy atom. The summed E-state index contributed by atoms with van der Waals surface area (Å²) in [4.78, 5) is 45.4. The van der Waals surface area contributed by atoms with Crippen LogP contribution in [0.1, 0.15) is 16.6 Å². The number of rotatable bonds is 4. The number of anilines is 1. The molecule has 3 aromatic rings. The van der Waals surface area contributed by atoms with Gasteiger partial charge >= 0.3 is 5.97 Å². The number of fused-ring (bicyclic) bond motifs is 1. The summed E-state index contributed by atoms with van der Waals surface area (Å²) in [5, 5.41) is 32.0. The second-order valence-electron chi connectivity index (χ2n) is 6.36. The third kappa shape index (κ3) is 3.24. The molecule has 3 heterocycles. The summed E-state index contributed by atoms with van der Waals surface area (Å²) in [5.74, 6) is -1.85. The number of carbonyl (C=O) groups is 2. The van der Waals surface area contributed by atoms with Crippen molar-refractivity contribution >= 4 is 28.7 Å². The molecule has 1 saturated heterocycles. The molecule has 1 amide bonds. The molecule has 0 bridgehead atoms. The summed E-state index contributed by atoms with van der Waals surface area (Å²) in [6.45, 7) is 0. The quantitative estimate of drug-likeness (QED) is 0.369. The zero-order chi connectivity index (χ0) is 20.7. The SMILES string of the molecule is O=C(O)c1ccc(NC(=O)[C@H]2O[C@@H](n3cnc4c(=O)[nH]cnc43)[C@H](O)[C@@H]2O)cc1. The molecule has 0 saturated carbocycles. The van der Waals surface area contributed by atoms with Crippen molar-refractivity contribution in [1.82, 2.24) is 19.5 Å². The Morgan fingerprint density at radius 2 is 1.86 bits per heavy atom. The van der Waals surface area contributed by atoms with Crippen LogP contribution in [0.5, 0.6) is 0 Å². The highest BCUT2D eigenvalue weighted by Crippen LogP contribution is 2.31. The van der Waals surface area contributed by atoms with Crippen molar-refractivity contribution in [3.8, 4) is 0 Å². The van der Waals surface area contributed by atoms with Crippen LogP contribution < -0.4 is 10.9 Å². The summed E-state index contributed by atoms with van der Waals surface area (Å²) in [6, 6.07) is 5.39. The lowest BCUT2D eigenvalue weighted by atomic mass is 10.1. The summed E-state index contributed by atoms with van der Waals surface area (Å²) in [5.41, 5.74) is -0.0134. The van der Waals surface area contributed by atoms with Gasteiger partial charge in [0, 0.05) is 5.69 Å². The van der Waals surface area contributed by atoms with Crippen LogP contribution in [0.4, 0.5) is 5.69 Å². The normalized spacial score (nSPS) is 23.9. The molecule has 1 aliphatic rings. The minimum atomic E-state index is -1.56. The number of aliphatic hydroxyl groups is 2. The number of imidazole rings is 1. The standard InChI is InChI=1S/C17H15N5O7/c23-10-11(24)16(22-6-20-9-13(22)18-5-19-14(9)25)29-12(10)15(26)21-8-3-1-7(2-4-8)17(27)28/h1-6,10-12,16,23-24H,(H,21,26)(H,27,28)(H,18,19,25)/t10-,11+,12-,16+/m0/s1. The van der Waals surface area contributed by atoms with E-state index in [4.69, 9.17) is 9.84 Å². The van der Waals surface area contributed by atoms with Crippen molar-refractivity contribution in [2.24, 2.45) is 0 Å². The predicted molar refractivity (Wildman–Crippen MR) is 96.1 cm³/mol. The smallest absolute Gasteiger partial charge is 0.335 e. The maximum Gasteiger partial charge on any atom is 0.335 e. The van der Waals surface area contributed by atoms with Gasteiger partial charge in [-0.15, -0.1) is 0 Å². The van der Waals surface area contributed by atoms with E-state index in [1.54, 1.807) is 0 Å². The van der Waals surface area contributed by atoms with Gasteiger partial charge in [-0.1, -0.05) is 0 Å². The highest BCUT2D eigenvalue weighted by Gasteiger charge is 2.47. The minimum Gasteiger partial charge on any atom is -0.478 e. The van der Waals surface area contributed by atoms with Crippen molar-refractivity contribution in [1.29, 1.82) is 0 Å². The molecule has 29 heavy (non-hydrogen) atoms.